The van der Waals surface area contributed by atoms with E-state index < -0.39 is 23.8 Å². The van der Waals surface area contributed by atoms with Gasteiger partial charge in [0.05, 0.1) is 32.2 Å². The first kappa shape index (κ1) is 18.6. The van der Waals surface area contributed by atoms with Crippen LogP contribution >= 0.6 is 0 Å². The van der Waals surface area contributed by atoms with Crippen LogP contribution in [0.3, 0.4) is 0 Å². The van der Waals surface area contributed by atoms with Crippen LogP contribution in [-0.4, -0.2) is 20.2 Å². The van der Waals surface area contributed by atoms with Crippen LogP contribution in [0.4, 0.5) is 18.9 Å². The molecule has 0 radical (unpaired) electrons. The maximum atomic E-state index is 12.7. The molecule has 1 atom stereocenters. The van der Waals surface area contributed by atoms with Crippen LogP contribution in [0.25, 0.3) is 0 Å². The van der Waals surface area contributed by atoms with Gasteiger partial charge in [-0.1, -0.05) is 12.1 Å². The first-order chi connectivity index (χ1) is 11.8. The van der Waals surface area contributed by atoms with Gasteiger partial charge in [0.15, 0.2) is 0 Å². The van der Waals surface area contributed by atoms with E-state index in [-0.39, 0.29) is 6.42 Å². The zero-order chi connectivity index (χ0) is 18.4. The third kappa shape index (κ3) is 5.14. The van der Waals surface area contributed by atoms with Crippen LogP contribution in [0.2, 0.25) is 0 Å². The first-order valence-electron chi connectivity index (χ1n) is 7.48. The van der Waals surface area contributed by atoms with E-state index >= 15 is 0 Å². The summed E-state index contributed by atoms with van der Waals surface area (Å²) in [6.07, 6.45) is -4.42. The molecule has 0 heterocycles. The second kappa shape index (κ2) is 7.92. The van der Waals surface area contributed by atoms with Crippen molar-refractivity contribution in [1.82, 2.24) is 0 Å². The number of hydrogen-bond donors (Lipinski definition) is 1. The van der Waals surface area contributed by atoms with E-state index in [9.17, 15) is 18.0 Å². The predicted octanol–water partition coefficient (Wildman–Crippen LogP) is 4.43. The van der Waals surface area contributed by atoms with Crippen LogP contribution in [0.5, 0.6) is 5.75 Å². The fraction of sp³-hybridized carbons (Fsp3) is 0.278. The summed E-state index contributed by atoms with van der Waals surface area (Å²) in [5.41, 5.74) is 0.515. The standard InChI is InChI=1S/C18H18F3NO3/c1-24-15-9-7-14(8-10-15)22-16(11-17(23)25-2)12-3-5-13(6-4-12)18(19,20)21/h3-10,16,22H,11H2,1-2H3. The molecule has 0 amide bonds. The summed E-state index contributed by atoms with van der Waals surface area (Å²) in [5.74, 6) is 0.204. The smallest absolute Gasteiger partial charge is 0.416 e. The van der Waals surface area contributed by atoms with Crippen molar-refractivity contribution in [2.45, 2.75) is 18.6 Å². The quantitative estimate of drug-likeness (QED) is 0.781. The number of ether oxygens (including phenoxy) is 2. The molecule has 0 saturated carbocycles. The van der Waals surface area contributed by atoms with Gasteiger partial charge < -0.3 is 14.8 Å². The van der Waals surface area contributed by atoms with Crippen molar-refractivity contribution >= 4 is 11.7 Å². The number of rotatable bonds is 6. The zero-order valence-electron chi connectivity index (χ0n) is 13.8. The summed E-state index contributed by atoms with van der Waals surface area (Å²) in [6.45, 7) is 0. The van der Waals surface area contributed by atoms with Gasteiger partial charge in [0, 0.05) is 5.69 Å². The number of carbonyl (C=O) groups is 1. The van der Waals surface area contributed by atoms with Gasteiger partial charge in [-0.05, 0) is 42.0 Å². The topological polar surface area (TPSA) is 47.6 Å². The molecule has 25 heavy (non-hydrogen) atoms. The Kier molecular flexibility index (Phi) is 5.90. The molecule has 0 aliphatic rings. The highest BCUT2D eigenvalue weighted by Gasteiger charge is 2.30. The Morgan fingerprint density at radius 2 is 1.64 bits per heavy atom. The maximum Gasteiger partial charge on any atom is 0.416 e. The molecule has 0 spiro atoms. The molecule has 1 unspecified atom stereocenters. The van der Waals surface area contributed by atoms with Crippen molar-refractivity contribution in [3.63, 3.8) is 0 Å². The molecule has 4 nitrogen and oxygen atoms in total. The molecule has 134 valence electrons. The summed E-state index contributed by atoms with van der Waals surface area (Å²) in [6, 6.07) is 11.2. The number of esters is 1. The lowest BCUT2D eigenvalue weighted by atomic mass is 10.0. The molecule has 7 heteroatoms. The number of hydrogen-bond acceptors (Lipinski definition) is 4. The van der Waals surface area contributed by atoms with E-state index in [0.717, 1.165) is 12.1 Å². The molecule has 0 bridgehead atoms. The highest BCUT2D eigenvalue weighted by Crippen LogP contribution is 2.31. The van der Waals surface area contributed by atoms with Gasteiger partial charge in [0.25, 0.3) is 0 Å². The van der Waals surface area contributed by atoms with Gasteiger partial charge in [-0.25, -0.2) is 0 Å². The minimum atomic E-state index is -4.40. The predicted molar refractivity (Wildman–Crippen MR) is 87.4 cm³/mol. The number of methoxy groups -OCH3 is 2. The summed E-state index contributed by atoms with van der Waals surface area (Å²) in [5, 5.41) is 3.13. The van der Waals surface area contributed by atoms with E-state index in [4.69, 9.17) is 4.74 Å². The van der Waals surface area contributed by atoms with Crippen molar-refractivity contribution < 1.29 is 27.4 Å². The molecule has 0 aliphatic carbocycles. The number of halogens is 3. The van der Waals surface area contributed by atoms with E-state index in [1.165, 1.54) is 19.2 Å². The lowest BCUT2D eigenvalue weighted by Crippen LogP contribution is -2.17. The van der Waals surface area contributed by atoms with E-state index in [2.05, 4.69) is 10.1 Å². The van der Waals surface area contributed by atoms with E-state index in [1.807, 2.05) is 0 Å². The SMILES string of the molecule is COC(=O)CC(Nc1ccc(OC)cc1)c1ccc(C(F)(F)F)cc1. The summed E-state index contributed by atoms with van der Waals surface area (Å²) in [4.78, 5) is 11.7. The van der Waals surface area contributed by atoms with Crippen molar-refractivity contribution in [3.05, 3.63) is 59.7 Å². The summed E-state index contributed by atoms with van der Waals surface area (Å²) in [7, 11) is 2.81. The number of nitrogens with one attached hydrogen (secondary N) is 1. The monoisotopic (exact) mass is 353 g/mol. The molecular weight excluding hydrogens is 335 g/mol. The summed E-state index contributed by atoms with van der Waals surface area (Å²) < 4.78 is 47.9. The van der Waals surface area contributed by atoms with Crippen LogP contribution in [-0.2, 0) is 15.7 Å². The van der Waals surface area contributed by atoms with Gasteiger partial charge in [-0.15, -0.1) is 0 Å². The van der Waals surface area contributed by atoms with Crippen molar-refractivity contribution in [2.24, 2.45) is 0 Å². The van der Waals surface area contributed by atoms with Crippen molar-refractivity contribution in [2.75, 3.05) is 19.5 Å². The van der Waals surface area contributed by atoms with Crippen LogP contribution < -0.4 is 10.1 Å². The van der Waals surface area contributed by atoms with Crippen LogP contribution in [0, 0.1) is 0 Å². The lowest BCUT2D eigenvalue weighted by molar-refractivity contribution is -0.141. The fourth-order valence-corrected chi connectivity index (χ4v) is 2.30. The van der Waals surface area contributed by atoms with Crippen LogP contribution in [0.1, 0.15) is 23.6 Å². The largest absolute Gasteiger partial charge is 0.497 e. The van der Waals surface area contributed by atoms with E-state index in [0.29, 0.717) is 17.0 Å². The number of carbonyl (C=O) groups excluding carboxylic acids is 1. The summed E-state index contributed by atoms with van der Waals surface area (Å²) >= 11 is 0. The van der Waals surface area contributed by atoms with Gasteiger partial charge in [0.2, 0.25) is 0 Å². The molecule has 1 N–H and O–H groups in total. The van der Waals surface area contributed by atoms with Gasteiger partial charge in [0.1, 0.15) is 5.75 Å². The van der Waals surface area contributed by atoms with E-state index in [1.54, 1.807) is 31.4 Å². The Labute approximate surface area is 143 Å². The fourth-order valence-electron chi connectivity index (χ4n) is 2.30. The molecule has 2 aromatic carbocycles. The minimum Gasteiger partial charge on any atom is -0.497 e. The highest BCUT2D eigenvalue weighted by atomic mass is 19.4. The number of anilines is 1. The maximum absolute atomic E-state index is 12.7. The van der Waals surface area contributed by atoms with Crippen molar-refractivity contribution in [1.29, 1.82) is 0 Å². The van der Waals surface area contributed by atoms with Gasteiger partial charge in [-0.3, -0.25) is 4.79 Å². The zero-order valence-corrected chi connectivity index (χ0v) is 13.8. The Hall–Kier alpha value is -2.70. The lowest BCUT2D eigenvalue weighted by Gasteiger charge is -2.20. The van der Waals surface area contributed by atoms with Crippen LogP contribution in [0.15, 0.2) is 48.5 Å². The Bertz CT molecular complexity index is 697. The molecule has 0 aromatic heterocycles. The first-order valence-corrected chi connectivity index (χ1v) is 7.48. The second-order valence-corrected chi connectivity index (χ2v) is 5.33. The average molecular weight is 353 g/mol. The Morgan fingerprint density at radius 1 is 1.04 bits per heavy atom. The third-order valence-electron chi connectivity index (χ3n) is 3.67. The van der Waals surface area contributed by atoms with Crippen molar-refractivity contribution in [3.8, 4) is 5.75 Å². The average Bonchev–Trinajstić information content (AvgIpc) is 2.61. The molecule has 2 aromatic rings. The molecule has 0 fully saturated rings. The molecule has 0 aliphatic heterocycles. The Morgan fingerprint density at radius 3 is 2.12 bits per heavy atom. The third-order valence-corrected chi connectivity index (χ3v) is 3.67. The number of benzene rings is 2. The molecule has 2 rings (SSSR count). The van der Waals surface area contributed by atoms with Gasteiger partial charge in [-0.2, -0.15) is 13.2 Å². The number of alkyl halides is 3. The highest BCUT2D eigenvalue weighted by molar-refractivity contribution is 5.71. The minimum absolute atomic E-state index is 0.0199. The normalized spacial score (nSPS) is 12.4. The molecular formula is C18H18F3NO3. The van der Waals surface area contributed by atoms with Gasteiger partial charge >= 0.3 is 12.1 Å². The second-order valence-electron chi connectivity index (χ2n) is 5.33. The Balaban J connectivity index is 2.23. The molecule has 0 saturated heterocycles.